The number of methoxy groups -OCH3 is 1. The van der Waals surface area contributed by atoms with Crippen molar-refractivity contribution >= 4 is 11.8 Å². The van der Waals surface area contributed by atoms with Gasteiger partial charge < -0.3 is 9.64 Å². The first-order valence-corrected chi connectivity index (χ1v) is 6.35. The molecule has 1 saturated heterocycles. The van der Waals surface area contributed by atoms with E-state index >= 15 is 0 Å². The van der Waals surface area contributed by atoms with Gasteiger partial charge in [0.05, 0.1) is 13.0 Å². The Balaban J connectivity index is 2.09. The number of rotatable bonds is 2. The molecule has 2 rings (SSSR count). The van der Waals surface area contributed by atoms with Crippen LogP contribution >= 0.6 is 0 Å². The summed E-state index contributed by atoms with van der Waals surface area (Å²) in [7, 11) is 1.43. The van der Waals surface area contributed by atoms with Crippen LogP contribution < -0.4 is 4.90 Å². The molecule has 5 nitrogen and oxygen atoms in total. The van der Waals surface area contributed by atoms with Crippen LogP contribution in [0, 0.1) is 23.2 Å². The van der Waals surface area contributed by atoms with Crippen LogP contribution in [0.15, 0.2) is 18.2 Å². The van der Waals surface area contributed by atoms with Crippen LogP contribution in [0.4, 0.5) is 5.82 Å². The lowest BCUT2D eigenvalue weighted by Gasteiger charge is -2.36. The zero-order valence-corrected chi connectivity index (χ0v) is 11.2. The first-order valence-electron chi connectivity index (χ1n) is 6.35. The van der Waals surface area contributed by atoms with Gasteiger partial charge in [-0.25, -0.2) is 4.98 Å². The maximum Gasteiger partial charge on any atom is 0.309 e. The van der Waals surface area contributed by atoms with E-state index in [2.05, 4.69) is 9.88 Å². The summed E-state index contributed by atoms with van der Waals surface area (Å²) in [6.07, 6.45) is 0.756. The molecule has 1 aliphatic rings. The molecular weight excluding hydrogens is 242 g/mol. The van der Waals surface area contributed by atoms with E-state index in [0.717, 1.165) is 25.3 Å². The minimum Gasteiger partial charge on any atom is -0.469 e. The summed E-state index contributed by atoms with van der Waals surface area (Å²) >= 11 is 0. The second-order valence-electron chi connectivity index (χ2n) is 4.83. The van der Waals surface area contributed by atoms with E-state index in [4.69, 9.17) is 10.00 Å². The van der Waals surface area contributed by atoms with Gasteiger partial charge in [-0.2, -0.15) is 5.26 Å². The van der Waals surface area contributed by atoms with Crippen LogP contribution in [0.1, 0.15) is 19.0 Å². The lowest BCUT2D eigenvalue weighted by Crippen LogP contribution is -2.42. The van der Waals surface area contributed by atoms with Gasteiger partial charge in [-0.05, 0) is 24.5 Å². The van der Waals surface area contributed by atoms with Crippen molar-refractivity contribution in [1.29, 1.82) is 5.26 Å². The van der Waals surface area contributed by atoms with Crippen molar-refractivity contribution in [2.45, 2.75) is 13.3 Å². The van der Waals surface area contributed by atoms with E-state index in [1.807, 2.05) is 25.1 Å². The number of aromatic nitrogens is 1. The zero-order chi connectivity index (χ0) is 13.8. The Morgan fingerprint density at radius 1 is 1.58 bits per heavy atom. The molecule has 1 aromatic heterocycles. The van der Waals surface area contributed by atoms with E-state index in [1.165, 1.54) is 7.11 Å². The van der Waals surface area contributed by atoms with Crippen molar-refractivity contribution in [1.82, 2.24) is 4.98 Å². The van der Waals surface area contributed by atoms with Crippen LogP contribution in [-0.4, -0.2) is 31.2 Å². The van der Waals surface area contributed by atoms with Crippen LogP contribution in [0.2, 0.25) is 0 Å². The number of esters is 1. The number of nitrogens with zero attached hydrogens (tertiary/aromatic N) is 3. The number of carbonyl (C=O) groups excluding carboxylic acids is 1. The van der Waals surface area contributed by atoms with Crippen LogP contribution in [-0.2, 0) is 9.53 Å². The topological polar surface area (TPSA) is 66.2 Å². The van der Waals surface area contributed by atoms with Gasteiger partial charge in [0, 0.05) is 13.1 Å². The monoisotopic (exact) mass is 259 g/mol. The second kappa shape index (κ2) is 5.70. The summed E-state index contributed by atoms with van der Waals surface area (Å²) < 4.78 is 4.82. The Bertz CT molecular complexity index is 510. The molecule has 100 valence electrons. The molecule has 0 N–H and O–H groups in total. The average molecular weight is 259 g/mol. The van der Waals surface area contributed by atoms with E-state index in [9.17, 15) is 4.79 Å². The first-order chi connectivity index (χ1) is 9.15. The Morgan fingerprint density at radius 2 is 2.37 bits per heavy atom. The Hall–Kier alpha value is -2.09. The Labute approximate surface area is 112 Å². The van der Waals surface area contributed by atoms with Gasteiger partial charge in [0.1, 0.15) is 17.6 Å². The Morgan fingerprint density at radius 3 is 3.00 bits per heavy atom. The fourth-order valence-electron chi connectivity index (χ4n) is 2.52. The molecular formula is C14H17N3O2. The summed E-state index contributed by atoms with van der Waals surface area (Å²) in [5.41, 5.74) is 0.417. The average Bonchev–Trinajstić information content (AvgIpc) is 2.46. The van der Waals surface area contributed by atoms with E-state index < -0.39 is 0 Å². The van der Waals surface area contributed by atoms with Crippen molar-refractivity contribution in [3.8, 4) is 6.07 Å². The number of anilines is 1. The van der Waals surface area contributed by atoms with Gasteiger partial charge in [0.15, 0.2) is 0 Å². The molecule has 19 heavy (non-hydrogen) atoms. The number of hydrogen-bond donors (Lipinski definition) is 0. The first kappa shape index (κ1) is 13.3. The molecule has 0 amide bonds. The van der Waals surface area contributed by atoms with E-state index in [-0.39, 0.29) is 17.8 Å². The minimum absolute atomic E-state index is 0.0413. The molecule has 0 bridgehead atoms. The third kappa shape index (κ3) is 2.84. The third-order valence-electron chi connectivity index (χ3n) is 3.58. The predicted molar refractivity (Wildman–Crippen MR) is 70.5 cm³/mol. The van der Waals surface area contributed by atoms with E-state index in [1.54, 1.807) is 6.07 Å². The number of pyridine rings is 1. The number of ether oxygens (including phenoxy) is 1. The van der Waals surface area contributed by atoms with E-state index in [0.29, 0.717) is 5.69 Å². The fraction of sp³-hybridized carbons (Fsp3) is 0.500. The van der Waals surface area contributed by atoms with Crippen LogP contribution in [0.5, 0.6) is 0 Å². The maximum atomic E-state index is 11.6. The highest BCUT2D eigenvalue weighted by molar-refractivity contribution is 5.73. The number of carbonyl (C=O) groups is 1. The molecule has 5 heteroatoms. The molecule has 0 saturated carbocycles. The van der Waals surface area contributed by atoms with Gasteiger partial charge in [-0.1, -0.05) is 13.0 Å². The van der Waals surface area contributed by atoms with Gasteiger partial charge in [-0.3, -0.25) is 4.79 Å². The van der Waals surface area contributed by atoms with Crippen LogP contribution in [0.3, 0.4) is 0 Å². The molecule has 1 fully saturated rings. The third-order valence-corrected chi connectivity index (χ3v) is 3.58. The maximum absolute atomic E-state index is 11.6. The van der Waals surface area contributed by atoms with Crippen molar-refractivity contribution in [3.63, 3.8) is 0 Å². The predicted octanol–water partition coefficient (Wildman–Crippen LogP) is 1.59. The van der Waals surface area contributed by atoms with Crippen molar-refractivity contribution in [3.05, 3.63) is 23.9 Å². The lowest BCUT2D eigenvalue weighted by molar-refractivity contribution is -0.147. The summed E-state index contributed by atoms with van der Waals surface area (Å²) in [6, 6.07) is 7.46. The smallest absolute Gasteiger partial charge is 0.309 e. The highest BCUT2D eigenvalue weighted by atomic mass is 16.5. The van der Waals surface area contributed by atoms with Gasteiger partial charge in [-0.15, -0.1) is 0 Å². The molecule has 0 unspecified atom stereocenters. The minimum atomic E-state index is -0.133. The number of nitriles is 1. The number of hydrogen-bond acceptors (Lipinski definition) is 5. The summed E-state index contributed by atoms with van der Waals surface area (Å²) in [5.74, 6) is 0.842. The summed E-state index contributed by atoms with van der Waals surface area (Å²) in [6.45, 7) is 3.55. The number of piperidine rings is 1. The molecule has 0 aromatic carbocycles. The standard InChI is InChI=1S/C14H17N3O2/c1-10-9-17(7-6-12(10)14(18)19-2)13-5-3-4-11(8-15)16-13/h3-5,10,12H,6-7,9H2,1-2H3/t10-,12-/m0/s1. The summed E-state index contributed by atoms with van der Waals surface area (Å²) in [5, 5.41) is 8.87. The largest absolute Gasteiger partial charge is 0.469 e. The fourth-order valence-corrected chi connectivity index (χ4v) is 2.52. The quantitative estimate of drug-likeness (QED) is 0.754. The summed E-state index contributed by atoms with van der Waals surface area (Å²) in [4.78, 5) is 18.0. The zero-order valence-electron chi connectivity index (χ0n) is 11.2. The van der Waals surface area contributed by atoms with Gasteiger partial charge >= 0.3 is 5.97 Å². The molecule has 2 heterocycles. The molecule has 0 radical (unpaired) electrons. The lowest BCUT2D eigenvalue weighted by atomic mass is 9.87. The SMILES string of the molecule is COC(=O)[C@H]1CCN(c2cccc(C#N)n2)C[C@@H]1C. The molecule has 0 aliphatic carbocycles. The van der Waals surface area contributed by atoms with Crippen molar-refractivity contribution < 1.29 is 9.53 Å². The molecule has 1 aliphatic heterocycles. The molecule has 1 aromatic rings. The van der Waals surface area contributed by atoms with Crippen LogP contribution in [0.25, 0.3) is 0 Å². The molecule has 2 atom stereocenters. The normalized spacial score (nSPS) is 22.7. The second-order valence-corrected chi connectivity index (χ2v) is 4.83. The highest BCUT2D eigenvalue weighted by Crippen LogP contribution is 2.27. The Kier molecular flexibility index (Phi) is 4.00. The highest BCUT2D eigenvalue weighted by Gasteiger charge is 2.32. The van der Waals surface area contributed by atoms with Crippen molar-refractivity contribution in [2.75, 3.05) is 25.1 Å². The van der Waals surface area contributed by atoms with Gasteiger partial charge in [0.2, 0.25) is 0 Å². The van der Waals surface area contributed by atoms with Gasteiger partial charge in [0.25, 0.3) is 0 Å². The molecule has 0 spiro atoms. The van der Waals surface area contributed by atoms with Crippen molar-refractivity contribution in [2.24, 2.45) is 11.8 Å².